The molecule has 1 fully saturated rings. The fourth-order valence-electron chi connectivity index (χ4n) is 2.23. The Morgan fingerprint density at radius 2 is 2.21 bits per heavy atom. The van der Waals surface area contributed by atoms with Crippen LogP contribution >= 0.6 is 0 Å². The average Bonchev–Trinajstić information content (AvgIpc) is 2.58. The first-order valence-electron chi connectivity index (χ1n) is 6.03. The third-order valence-corrected chi connectivity index (χ3v) is 3.13. The molecule has 1 saturated carbocycles. The van der Waals surface area contributed by atoms with Crippen LogP contribution in [0.4, 0.5) is 0 Å². The molecule has 1 aliphatic rings. The maximum absolute atomic E-state index is 5.37. The summed E-state index contributed by atoms with van der Waals surface area (Å²) in [6.07, 6.45) is 4.25. The lowest BCUT2D eigenvalue weighted by atomic mass is 10.1. The molecule has 0 aliphatic heterocycles. The molecule has 0 saturated heterocycles. The largest absolute Gasteiger partial charge is 0.380 e. The van der Waals surface area contributed by atoms with Crippen LogP contribution < -0.4 is 5.32 Å². The molecule has 1 N–H and O–H groups in total. The van der Waals surface area contributed by atoms with Crippen molar-refractivity contribution in [3.05, 3.63) is 0 Å². The molecule has 84 valence electrons. The summed E-state index contributed by atoms with van der Waals surface area (Å²) in [6, 6.07) is 0.505. The highest BCUT2D eigenvalue weighted by atomic mass is 16.5. The Balaban J connectivity index is 2.02. The van der Waals surface area contributed by atoms with E-state index in [1.807, 2.05) is 6.92 Å². The van der Waals surface area contributed by atoms with E-state index in [2.05, 4.69) is 19.2 Å². The summed E-state index contributed by atoms with van der Waals surface area (Å²) >= 11 is 0. The van der Waals surface area contributed by atoms with Crippen molar-refractivity contribution in [1.29, 1.82) is 0 Å². The molecule has 1 rings (SSSR count). The molecular weight excluding hydrogens is 174 g/mol. The molecule has 3 unspecified atom stereocenters. The van der Waals surface area contributed by atoms with Crippen LogP contribution in [0.2, 0.25) is 0 Å². The minimum absolute atomic E-state index is 0.505. The van der Waals surface area contributed by atoms with Gasteiger partial charge in [-0.25, -0.2) is 0 Å². The summed E-state index contributed by atoms with van der Waals surface area (Å²) in [5.74, 6) is 1.86. The van der Waals surface area contributed by atoms with E-state index in [0.29, 0.717) is 6.04 Å². The molecule has 2 heteroatoms. The zero-order valence-electron chi connectivity index (χ0n) is 9.88. The van der Waals surface area contributed by atoms with E-state index < -0.39 is 0 Å². The first kappa shape index (κ1) is 12.0. The molecule has 1 aliphatic carbocycles. The van der Waals surface area contributed by atoms with Gasteiger partial charge < -0.3 is 10.1 Å². The van der Waals surface area contributed by atoms with Crippen molar-refractivity contribution in [2.24, 2.45) is 11.8 Å². The number of ether oxygens (including phenoxy) is 1. The first-order chi connectivity index (χ1) is 6.72. The van der Waals surface area contributed by atoms with E-state index in [1.54, 1.807) is 0 Å². The summed E-state index contributed by atoms with van der Waals surface area (Å²) < 4.78 is 5.37. The molecule has 0 heterocycles. The normalized spacial score (nSPS) is 29.4. The lowest BCUT2D eigenvalue weighted by Gasteiger charge is -2.16. The minimum atomic E-state index is 0.505. The van der Waals surface area contributed by atoms with Crippen molar-refractivity contribution in [3.63, 3.8) is 0 Å². The zero-order valence-corrected chi connectivity index (χ0v) is 9.88. The monoisotopic (exact) mass is 199 g/mol. The van der Waals surface area contributed by atoms with Crippen molar-refractivity contribution < 1.29 is 4.74 Å². The van der Waals surface area contributed by atoms with Gasteiger partial charge in [-0.2, -0.15) is 0 Å². The van der Waals surface area contributed by atoms with Gasteiger partial charge in [-0.15, -0.1) is 0 Å². The Kier molecular flexibility index (Phi) is 5.49. The summed E-state index contributed by atoms with van der Waals surface area (Å²) in [7, 11) is 0. The van der Waals surface area contributed by atoms with Crippen molar-refractivity contribution in [2.75, 3.05) is 19.8 Å². The third-order valence-electron chi connectivity index (χ3n) is 3.13. The Bertz CT molecular complexity index is 149. The van der Waals surface area contributed by atoms with E-state index in [-0.39, 0.29) is 0 Å². The number of nitrogens with one attached hydrogen (secondary N) is 1. The minimum Gasteiger partial charge on any atom is -0.380 e. The first-order valence-corrected chi connectivity index (χ1v) is 6.03. The second kappa shape index (κ2) is 6.41. The predicted octanol–water partition coefficient (Wildman–Crippen LogP) is 2.44. The van der Waals surface area contributed by atoms with Gasteiger partial charge in [0.2, 0.25) is 0 Å². The van der Waals surface area contributed by atoms with E-state index in [1.165, 1.54) is 25.8 Å². The van der Waals surface area contributed by atoms with E-state index in [0.717, 1.165) is 25.0 Å². The Labute approximate surface area is 88.4 Å². The van der Waals surface area contributed by atoms with Gasteiger partial charge in [0.15, 0.2) is 0 Å². The third kappa shape index (κ3) is 4.43. The number of hydrogen-bond acceptors (Lipinski definition) is 2. The highest BCUT2D eigenvalue weighted by molar-refractivity contribution is 4.75. The van der Waals surface area contributed by atoms with E-state index in [4.69, 9.17) is 4.74 Å². The molecule has 0 bridgehead atoms. The molecule has 0 radical (unpaired) electrons. The van der Waals surface area contributed by atoms with E-state index >= 15 is 0 Å². The summed E-state index contributed by atoms with van der Waals surface area (Å²) in [5, 5.41) is 3.55. The summed E-state index contributed by atoms with van der Waals surface area (Å²) in [5.41, 5.74) is 0. The SMILES string of the molecule is CCOCC(C)NCC1CCC(C)C1. The van der Waals surface area contributed by atoms with Gasteiger partial charge >= 0.3 is 0 Å². The van der Waals surface area contributed by atoms with Crippen LogP contribution in [0.3, 0.4) is 0 Å². The van der Waals surface area contributed by atoms with Crippen molar-refractivity contribution >= 4 is 0 Å². The fraction of sp³-hybridized carbons (Fsp3) is 1.00. The maximum Gasteiger partial charge on any atom is 0.0616 e. The highest BCUT2D eigenvalue weighted by Gasteiger charge is 2.21. The Morgan fingerprint density at radius 3 is 2.79 bits per heavy atom. The van der Waals surface area contributed by atoms with Crippen LogP contribution in [0.25, 0.3) is 0 Å². The maximum atomic E-state index is 5.37. The van der Waals surface area contributed by atoms with Crippen molar-refractivity contribution in [2.45, 2.75) is 46.1 Å². The molecule has 3 atom stereocenters. The van der Waals surface area contributed by atoms with E-state index in [9.17, 15) is 0 Å². The Morgan fingerprint density at radius 1 is 1.43 bits per heavy atom. The molecule has 0 amide bonds. The molecule has 0 aromatic rings. The standard InChI is InChI=1S/C12H25NO/c1-4-14-9-11(3)13-8-12-6-5-10(2)7-12/h10-13H,4-9H2,1-3H3. The van der Waals surface area contributed by atoms with Gasteiger partial charge in [0.05, 0.1) is 6.61 Å². The molecule has 0 aromatic heterocycles. The Hall–Kier alpha value is -0.0800. The number of hydrogen-bond donors (Lipinski definition) is 1. The molecule has 2 nitrogen and oxygen atoms in total. The quantitative estimate of drug-likeness (QED) is 0.709. The van der Waals surface area contributed by atoms with Crippen LogP contribution in [0, 0.1) is 11.8 Å². The second-order valence-corrected chi connectivity index (χ2v) is 4.75. The van der Waals surface area contributed by atoms with Gasteiger partial charge in [-0.3, -0.25) is 0 Å². The summed E-state index contributed by atoms with van der Waals surface area (Å²) in [6.45, 7) is 9.47. The molecule has 0 spiro atoms. The zero-order chi connectivity index (χ0) is 10.4. The fourth-order valence-corrected chi connectivity index (χ4v) is 2.23. The lowest BCUT2D eigenvalue weighted by Crippen LogP contribution is -2.34. The average molecular weight is 199 g/mol. The van der Waals surface area contributed by atoms with Gasteiger partial charge in [-0.05, 0) is 45.1 Å². The van der Waals surface area contributed by atoms with Crippen molar-refractivity contribution in [3.8, 4) is 0 Å². The van der Waals surface area contributed by atoms with Crippen LogP contribution in [0.5, 0.6) is 0 Å². The van der Waals surface area contributed by atoms with Crippen molar-refractivity contribution in [1.82, 2.24) is 5.32 Å². The van der Waals surface area contributed by atoms with Crippen LogP contribution in [-0.2, 0) is 4.74 Å². The molecular formula is C12H25NO. The molecule has 14 heavy (non-hydrogen) atoms. The van der Waals surface area contributed by atoms with Gasteiger partial charge in [0.25, 0.3) is 0 Å². The van der Waals surface area contributed by atoms with Crippen LogP contribution in [-0.4, -0.2) is 25.8 Å². The summed E-state index contributed by atoms with van der Waals surface area (Å²) in [4.78, 5) is 0. The predicted molar refractivity (Wildman–Crippen MR) is 60.5 cm³/mol. The topological polar surface area (TPSA) is 21.3 Å². The van der Waals surface area contributed by atoms with Crippen LogP contribution in [0.15, 0.2) is 0 Å². The van der Waals surface area contributed by atoms with Gasteiger partial charge in [0.1, 0.15) is 0 Å². The number of rotatable bonds is 6. The molecule has 0 aromatic carbocycles. The van der Waals surface area contributed by atoms with Gasteiger partial charge in [-0.1, -0.05) is 13.3 Å². The van der Waals surface area contributed by atoms with Gasteiger partial charge in [0, 0.05) is 12.6 Å². The lowest BCUT2D eigenvalue weighted by molar-refractivity contribution is 0.126. The highest BCUT2D eigenvalue weighted by Crippen LogP contribution is 2.29. The smallest absolute Gasteiger partial charge is 0.0616 e. The van der Waals surface area contributed by atoms with Crippen LogP contribution in [0.1, 0.15) is 40.0 Å². The second-order valence-electron chi connectivity index (χ2n) is 4.75.